The van der Waals surface area contributed by atoms with E-state index in [0.717, 1.165) is 22.2 Å². The number of non-ortho nitro benzene ring substituents is 1. The van der Waals surface area contributed by atoms with Crippen LogP contribution < -0.4 is 0 Å². The van der Waals surface area contributed by atoms with Crippen molar-refractivity contribution in [1.29, 1.82) is 0 Å². The normalized spacial score (nSPS) is 19.1. The van der Waals surface area contributed by atoms with Crippen LogP contribution >= 0.6 is 15.9 Å². The Labute approximate surface area is 114 Å². The fourth-order valence-electron chi connectivity index (χ4n) is 1.99. The summed E-state index contributed by atoms with van der Waals surface area (Å²) in [4.78, 5) is 14.7. The third kappa shape index (κ3) is 2.51. The van der Waals surface area contributed by atoms with E-state index in [4.69, 9.17) is 0 Å². The van der Waals surface area contributed by atoms with E-state index in [0.29, 0.717) is 0 Å². The second-order valence-electron chi connectivity index (χ2n) is 4.35. The molecule has 1 aromatic carbocycles. The first-order chi connectivity index (χ1) is 8.49. The molecule has 1 aliphatic rings. The highest BCUT2D eigenvalue weighted by Gasteiger charge is 2.21. The van der Waals surface area contributed by atoms with Crippen LogP contribution in [0.1, 0.15) is 19.4 Å². The maximum Gasteiger partial charge on any atom is 0.269 e. The van der Waals surface area contributed by atoms with Crippen LogP contribution in [0.2, 0.25) is 0 Å². The third-order valence-corrected chi connectivity index (χ3v) is 4.29. The highest BCUT2D eigenvalue weighted by atomic mass is 79.9. The van der Waals surface area contributed by atoms with E-state index < -0.39 is 0 Å². The van der Waals surface area contributed by atoms with Crippen LogP contribution in [0.4, 0.5) is 5.69 Å². The fraction of sp³-hybridized carbons (Fsp3) is 0.308. The Kier molecular flexibility index (Phi) is 3.61. The molecule has 0 aromatic heterocycles. The summed E-state index contributed by atoms with van der Waals surface area (Å²) in [7, 11) is 0. The molecule has 1 atom stereocenters. The van der Waals surface area contributed by atoms with Crippen molar-refractivity contribution in [2.45, 2.75) is 26.3 Å². The number of hydrogen-bond acceptors (Lipinski definition) is 3. The molecule has 0 amide bonds. The van der Waals surface area contributed by atoms with Gasteiger partial charge in [-0.15, -0.1) is 0 Å². The molecule has 1 heterocycles. The lowest BCUT2D eigenvalue weighted by Crippen LogP contribution is -2.07. The number of hydrogen-bond donors (Lipinski definition) is 0. The Morgan fingerprint density at radius 1 is 1.33 bits per heavy atom. The highest BCUT2D eigenvalue weighted by Crippen LogP contribution is 2.28. The van der Waals surface area contributed by atoms with Gasteiger partial charge in [0.05, 0.1) is 11.0 Å². The van der Waals surface area contributed by atoms with Crippen molar-refractivity contribution in [3.63, 3.8) is 0 Å². The Morgan fingerprint density at radius 2 is 1.94 bits per heavy atom. The molecule has 0 N–H and O–H groups in total. The Morgan fingerprint density at radius 3 is 2.39 bits per heavy atom. The van der Waals surface area contributed by atoms with Gasteiger partial charge in [-0.3, -0.25) is 15.1 Å². The molecule has 0 radical (unpaired) electrons. The SMILES string of the molecule is CC1=N[C@H](Cc2ccc([N+](=O)[O-])cc2)C(C)=C1Br. The van der Waals surface area contributed by atoms with E-state index in [9.17, 15) is 10.1 Å². The Bertz CT molecular complexity index is 547. The standard InChI is InChI=1S/C13H13BrN2O2/c1-8-12(15-9(2)13(8)14)7-10-3-5-11(6-4-10)16(17)18/h3-6,12H,7H2,1-2H3/t12-/m1/s1. The van der Waals surface area contributed by atoms with Crippen LogP contribution in [0.15, 0.2) is 39.3 Å². The van der Waals surface area contributed by atoms with Crippen molar-refractivity contribution >= 4 is 27.3 Å². The summed E-state index contributed by atoms with van der Waals surface area (Å²) in [5.41, 5.74) is 3.41. The molecule has 18 heavy (non-hydrogen) atoms. The van der Waals surface area contributed by atoms with Crippen LogP contribution in [0.25, 0.3) is 0 Å². The number of nitro benzene ring substituents is 1. The second-order valence-corrected chi connectivity index (χ2v) is 5.15. The first-order valence-electron chi connectivity index (χ1n) is 5.63. The summed E-state index contributed by atoms with van der Waals surface area (Å²) in [5, 5.41) is 10.6. The lowest BCUT2D eigenvalue weighted by Gasteiger charge is -2.09. The number of allylic oxidation sites excluding steroid dienone is 1. The zero-order chi connectivity index (χ0) is 13.3. The third-order valence-electron chi connectivity index (χ3n) is 3.09. The van der Waals surface area contributed by atoms with Gasteiger partial charge < -0.3 is 0 Å². The van der Waals surface area contributed by atoms with Gasteiger partial charge in [0.2, 0.25) is 0 Å². The maximum atomic E-state index is 10.6. The zero-order valence-electron chi connectivity index (χ0n) is 10.2. The molecule has 5 heteroatoms. The largest absolute Gasteiger partial charge is 0.281 e. The summed E-state index contributed by atoms with van der Waals surface area (Å²) >= 11 is 3.51. The lowest BCUT2D eigenvalue weighted by atomic mass is 10.0. The van der Waals surface area contributed by atoms with E-state index in [2.05, 4.69) is 27.8 Å². The molecule has 4 nitrogen and oxygen atoms in total. The van der Waals surface area contributed by atoms with E-state index in [-0.39, 0.29) is 16.7 Å². The van der Waals surface area contributed by atoms with Gasteiger partial charge in [0, 0.05) is 22.3 Å². The first kappa shape index (κ1) is 13.0. The van der Waals surface area contributed by atoms with Gasteiger partial charge in [0.25, 0.3) is 5.69 Å². The smallest absolute Gasteiger partial charge is 0.269 e. The monoisotopic (exact) mass is 308 g/mol. The second kappa shape index (κ2) is 5.02. The summed E-state index contributed by atoms with van der Waals surface area (Å²) in [6.45, 7) is 4.03. The molecule has 0 bridgehead atoms. The number of rotatable bonds is 3. The van der Waals surface area contributed by atoms with Crippen LogP contribution in [0.3, 0.4) is 0 Å². The molecule has 0 fully saturated rings. The van der Waals surface area contributed by atoms with Crippen molar-refractivity contribution < 1.29 is 4.92 Å². The molecule has 0 unspecified atom stereocenters. The number of nitrogens with zero attached hydrogens (tertiary/aromatic N) is 2. The molecule has 1 aliphatic heterocycles. The van der Waals surface area contributed by atoms with Gasteiger partial charge in [0.15, 0.2) is 0 Å². The van der Waals surface area contributed by atoms with Gasteiger partial charge in [-0.1, -0.05) is 12.1 Å². The van der Waals surface area contributed by atoms with Crippen molar-refractivity contribution in [1.82, 2.24) is 0 Å². The van der Waals surface area contributed by atoms with E-state index in [1.165, 1.54) is 17.7 Å². The molecule has 0 aliphatic carbocycles. The lowest BCUT2D eigenvalue weighted by molar-refractivity contribution is -0.384. The van der Waals surface area contributed by atoms with E-state index in [1.807, 2.05) is 6.92 Å². The topological polar surface area (TPSA) is 55.5 Å². The van der Waals surface area contributed by atoms with Crippen molar-refractivity contribution in [3.8, 4) is 0 Å². The summed E-state index contributed by atoms with van der Waals surface area (Å²) < 4.78 is 1.08. The summed E-state index contributed by atoms with van der Waals surface area (Å²) in [5.74, 6) is 0. The number of benzene rings is 1. The minimum absolute atomic E-state index is 0.123. The highest BCUT2D eigenvalue weighted by molar-refractivity contribution is 9.12. The zero-order valence-corrected chi connectivity index (χ0v) is 11.8. The van der Waals surface area contributed by atoms with Crippen molar-refractivity contribution in [2.75, 3.05) is 0 Å². The van der Waals surface area contributed by atoms with E-state index in [1.54, 1.807) is 12.1 Å². The first-order valence-corrected chi connectivity index (χ1v) is 6.42. The fourth-order valence-corrected chi connectivity index (χ4v) is 2.36. The number of halogens is 1. The quantitative estimate of drug-likeness (QED) is 0.632. The molecular formula is C13H13BrN2O2. The molecule has 1 aromatic rings. The van der Waals surface area contributed by atoms with Crippen LogP contribution in [0, 0.1) is 10.1 Å². The Hall–Kier alpha value is -1.49. The number of aliphatic imine (C=N–C) groups is 1. The Balaban J connectivity index is 2.14. The van der Waals surface area contributed by atoms with Crippen LogP contribution in [-0.2, 0) is 6.42 Å². The van der Waals surface area contributed by atoms with Gasteiger partial charge in [-0.05, 0) is 47.3 Å². The van der Waals surface area contributed by atoms with Gasteiger partial charge >= 0.3 is 0 Å². The summed E-state index contributed by atoms with van der Waals surface area (Å²) in [6, 6.07) is 6.80. The van der Waals surface area contributed by atoms with Gasteiger partial charge in [-0.2, -0.15) is 0 Å². The maximum absolute atomic E-state index is 10.6. The molecule has 0 saturated heterocycles. The minimum atomic E-state index is -0.386. The van der Waals surface area contributed by atoms with Gasteiger partial charge in [0.1, 0.15) is 0 Å². The van der Waals surface area contributed by atoms with Gasteiger partial charge in [-0.25, -0.2) is 0 Å². The van der Waals surface area contributed by atoms with Crippen molar-refractivity contribution in [3.05, 3.63) is 50.0 Å². The molecule has 0 saturated carbocycles. The molecular weight excluding hydrogens is 296 g/mol. The van der Waals surface area contributed by atoms with E-state index >= 15 is 0 Å². The van der Waals surface area contributed by atoms with Crippen LogP contribution in [-0.4, -0.2) is 16.7 Å². The number of nitro groups is 1. The predicted octanol–water partition coefficient (Wildman–Crippen LogP) is 3.65. The van der Waals surface area contributed by atoms with Crippen LogP contribution in [0.5, 0.6) is 0 Å². The average molecular weight is 309 g/mol. The average Bonchev–Trinajstić information content (AvgIpc) is 2.58. The van der Waals surface area contributed by atoms with Crippen molar-refractivity contribution in [2.24, 2.45) is 4.99 Å². The summed E-state index contributed by atoms with van der Waals surface area (Å²) in [6.07, 6.45) is 0.774. The minimum Gasteiger partial charge on any atom is -0.281 e. The molecule has 0 spiro atoms. The molecule has 2 rings (SSSR count). The predicted molar refractivity (Wildman–Crippen MR) is 75.3 cm³/mol. The molecule has 94 valence electrons.